The van der Waals surface area contributed by atoms with Crippen molar-refractivity contribution in [1.82, 2.24) is 0 Å². The number of fused-ring (bicyclic) bond motifs is 4. The second-order valence-corrected chi connectivity index (χ2v) is 13.7. The van der Waals surface area contributed by atoms with Crippen LogP contribution in [0.3, 0.4) is 0 Å². The lowest BCUT2D eigenvalue weighted by Crippen LogP contribution is -2.21. The van der Waals surface area contributed by atoms with Gasteiger partial charge in [-0.05, 0) is 73.7 Å². The molecule has 0 aromatic heterocycles. The molecule has 8 aromatic rings. The average Bonchev–Trinajstić information content (AvgIpc) is 3.42. The summed E-state index contributed by atoms with van der Waals surface area (Å²) in [6, 6.07) is 68.6. The molecule has 0 spiro atoms. The van der Waals surface area contributed by atoms with Gasteiger partial charge in [0.2, 0.25) is 0 Å². The fourth-order valence-corrected chi connectivity index (χ4v) is 8.24. The smallest absolute Gasteiger partial charge is 0.0546 e. The van der Waals surface area contributed by atoms with Gasteiger partial charge in [0.15, 0.2) is 0 Å². The largest absolute Gasteiger partial charge is 0.309 e. The van der Waals surface area contributed by atoms with Crippen LogP contribution in [-0.4, -0.2) is 0 Å². The highest BCUT2D eigenvalue weighted by Gasteiger charge is 2.39. The Bertz CT molecular complexity index is 2500. The maximum Gasteiger partial charge on any atom is 0.0546 e. The van der Waals surface area contributed by atoms with Crippen LogP contribution in [-0.2, 0) is 5.41 Å². The average molecular weight is 640 g/mol. The van der Waals surface area contributed by atoms with E-state index in [4.69, 9.17) is 0 Å². The van der Waals surface area contributed by atoms with Gasteiger partial charge in [0.25, 0.3) is 0 Å². The summed E-state index contributed by atoms with van der Waals surface area (Å²) in [5.41, 5.74) is 15.8. The van der Waals surface area contributed by atoms with Gasteiger partial charge in [-0.3, -0.25) is 0 Å². The van der Waals surface area contributed by atoms with Gasteiger partial charge in [-0.15, -0.1) is 0 Å². The normalized spacial score (nSPS) is 12.8. The highest BCUT2D eigenvalue weighted by Crippen LogP contribution is 2.56. The number of anilines is 3. The minimum atomic E-state index is -0.204. The van der Waals surface area contributed by atoms with Crippen molar-refractivity contribution in [2.75, 3.05) is 4.90 Å². The van der Waals surface area contributed by atoms with Crippen molar-refractivity contribution in [3.8, 4) is 44.5 Å². The quantitative estimate of drug-likeness (QED) is 0.175. The van der Waals surface area contributed by atoms with Gasteiger partial charge in [-0.25, -0.2) is 0 Å². The van der Waals surface area contributed by atoms with Crippen LogP contribution >= 0.6 is 0 Å². The van der Waals surface area contributed by atoms with E-state index in [0.717, 1.165) is 11.4 Å². The van der Waals surface area contributed by atoms with Crippen molar-refractivity contribution in [2.45, 2.75) is 19.3 Å². The van der Waals surface area contributed by atoms with Crippen LogP contribution in [0, 0.1) is 0 Å². The lowest BCUT2D eigenvalue weighted by atomic mass is 9.81. The maximum absolute atomic E-state index is 2.55. The first-order valence-corrected chi connectivity index (χ1v) is 17.5. The molecule has 0 amide bonds. The Kier molecular flexibility index (Phi) is 7.21. The Morgan fingerprint density at radius 2 is 0.860 bits per heavy atom. The van der Waals surface area contributed by atoms with Gasteiger partial charge in [-0.1, -0.05) is 184 Å². The molecule has 0 fully saturated rings. The summed E-state index contributed by atoms with van der Waals surface area (Å²) in [6.45, 7) is 4.77. The summed E-state index contributed by atoms with van der Waals surface area (Å²) in [5, 5.41) is 2.43. The standard InChI is InChI=1S/C49H37N/c1-49(2)43-30-14-13-26-40(43)42-29-17-33-46(48(42)49)50(44-31-15-23-35-22-9-10-25-38(35)44)45-32-16-28-39(36-20-7-4-8-21-36)47(45)41-27-12-11-24-37(41)34-18-5-3-6-19-34/h3-33H,1-2H3. The first-order valence-electron chi connectivity index (χ1n) is 17.5. The fourth-order valence-electron chi connectivity index (χ4n) is 8.24. The molecule has 0 atom stereocenters. The predicted octanol–water partition coefficient (Wildman–Crippen LogP) is 13.6. The van der Waals surface area contributed by atoms with Crippen molar-refractivity contribution >= 4 is 27.8 Å². The number of hydrogen-bond donors (Lipinski definition) is 0. The van der Waals surface area contributed by atoms with Crippen LogP contribution in [0.4, 0.5) is 17.1 Å². The SMILES string of the molecule is CC1(C)c2ccccc2-c2cccc(N(c3cccc(-c4ccccc4)c3-c3ccccc3-c3ccccc3)c3cccc4ccccc34)c21. The van der Waals surface area contributed by atoms with E-state index in [-0.39, 0.29) is 5.41 Å². The van der Waals surface area contributed by atoms with Crippen LogP contribution < -0.4 is 4.90 Å². The Balaban J connectivity index is 1.42. The Morgan fingerprint density at radius 1 is 0.360 bits per heavy atom. The minimum Gasteiger partial charge on any atom is -0.309 e. The summed E-state index contributed by atoms with van der Waals surface area (Å²) in [4.78, 5) is 2.55. The predicted molar refractivity (Wildman–Crippen MR) is 213 cm³/mol. The molecule has 1 aliphatic rings. The molecule has 0 unspecified atom stereocenters. The molecule has 0 heterocycles. The van der Waals surface area contributed by atoms with Crippen molar-refractivity contribution < 1.29 is 0 Å². The van der Waals surface area contributed by atoms with E-state index in [9.17, 15) is 0 Å². The molecule has 8 aromatic carbocycles. The molecular weight excluding hydrogens is 603 g/mol. The van der Waals surface area contributed by atoms with Crippen molar-refractivity contribution in [3.63, 3.8) is 0 Å². The number of rotatable bonds is 6. The van der Waals surface area contributed by atoms with Crippen molar-refractivity contribution in [3.05, 3.63) is 199 Å². The fraction of sp³-hybridized carbons (Fsp3) is 0.0612. The second-order valence-electron chi connectivity index (χ2n) is 13.7. The monoisotopic (exact) mass is 639 g/mol. The zero-order chi connectivity index (χ0) is 33.7. The molecule has 0 aliphatic heterocycles. The van der Waals surface area contributed by atoms with Crippen LogP contribution in [0.1, 0.15) is 25.0 Å². The van der Waals surface area contributed by atoms with Gasteiger partial charge < -0.3 is 4.90 Å². The molecule has 1 aliphatic carbocycles. The molecule has 1 nitrogen and oxygen atoms in total. The van der Waals surface area contributed by atoms with Crippen molar-refractivity contribution in [2.24, 2.45) is 0 Å². The number of benzene rings is 8. The second kappa shape index (κ2) is 12.1. The maximum atomic E-state index is 2.55. The van der Waals surface area contributed by atoms with Crippen molar-refractivity contribution in [1.29, 1.82) is 0 Å². The van der Waals surface area contributed by atoms with E-state index in [1.807, 2.05) is 0 Å². The van der Waals surface area contributed by atoms with E-state index in [1.54, 1.807) is 0 Å². The summed E-state index contributed by atoms with van der Waals surface area (Å²) < 4.78 is 0. The molecular formula is C49H37N. The third-order valence-electron chi connectivity index (χ3n) is 10.5. The molecule has 0 saturated carbocycles. The number of nitrogens with zero attached hydrogens (tertiary/aromatic N) is 1. The third kappa shape index (κ3) is 4.77. The van der Waals surface area contributed by atoms with Gasteiger partial charge in [-0.2, -0.15) is 0 Å². The van der Waals surface area contributed by atoms with Gasteiger partial charge >= 0.3 is 0 Å². The zero-order valence-corrected chi connectivity index (χ0v) is 28.3. The van der Waals surface area contributed by atoms with Crippen LogP contribution in [0.15, 0.2) is 188 Å². The van der Waals surface area contributed by atoms with Gasteiger partial charge in [0, 0.05) is 16.4 Å². The van der Waals surface area contributed by atoms with E-state index in [2.05, 4.69) is 207 Å². The van der Waals surface area contributed by atoms with Crippen LogP contribution in [0.25, 0.3) is 55.3 Å². The van der Waals surface area contributed by atoms with Crippen LogP contribution in [0.5, 0.6) is 0 Å². The van der Waals surface area contributed by atoms with Crippen LogP contribution in [0.2, 0.25) is 0 Å². The van der Waals surface area contributed by atoms with E-state index in [0.29, 0.717) is 0 Å². The molecule has 0 radical (unpaired) electrons. The zero-order valence-electron chi connectivity index (χ0n) is 28.3. The highest BCUT2D eigenvalue weighted by atomic mass is 15.2. The Hall–Kier alpha value is -6.18. The Morgan fingerprint density at radius 3 is 1.62 bits per heavy atom. The first-order chi connectivity index (χ1) is 24.6. The topological polar surface area (TPSA) is 3.24 Å². The first kappa shape index (κ1) is 29.9. The lowest BCUT2D eigenvalue weighted by Gasteiger charge is -2.35. The molecule has 1 heteroatoms. The lowest BCUT2D eigenvalue weighted by molar-refractivity contribution is 0.661. The molecule has 0 bridgehead atoms. The summed E-state index contributed by atoms with van der Waals surface area (Å²) >= 11 is 0. The van der Waals surface area contributed by atoms with E-state index < -0.39 is 0 Å². The summed E-state index contributed by atoms with van der Waals surface area (Å²) in [6.07, 6.45) is 0. The molecule has 9 rings (SSSR count). The summed E-state index contributed by atoms with van der Waals surface area (Å²) in [5.74, 6) is 0. The van der Waals surface area contributed by atoms with Gasteiger partial charge in [0.05, 0.1) is 17.1 Å². The molecule has 238 valence electrons. The van der Waals surface area contributed by atoms with E-state index in [1.165, 1.54) is 72.1 Å². The Labute approximate surface area is 294 Å². The summed E-state index contributed by atoms with van der Waals surface area (Å²) in [7, 11) is 0. The highest BCUT2D eigenvalue weighted by molar-refractivity contribution is 6.06. The third-order valence-corrected chi connectivity index (χ3v) is 10.5. The van der Waals surface area contributed by atoms with E-state index >= 15 is 0 Å². The van der Waals surface area contributed by atoms with Gasteiger partial charge in [0.1, 0.15) is 0 Å². The minimum absolute atomic E-state index is 0.204. The molecule has 0 N–H and O–H groups in total. The number of hydrogen-bond acceptors (Lipinski definition) is 1. The molecule has 50 heavy (non-hydrogen) atoms. The molecule has 0 saturated heterocycles.